The van der Waals surface area contributed by atoms with Crippen molar-refractivity contribution in [3.63, 3.8) is 0 Å². The Morgan fingerprint density at radius 1 is 1.50 bits per heavy atom. The molecule has 1 rings (SSSR count). The molecule has 1 aromatic heterocycles. The fourth-order valence-electron chi connectivity index (χ4n) is 1.77. The van der Waals surface area contributed by atoms with Gasteiger partial charge in [-0.3, -0.25) is 9.48 Å². The number of carbonyl (C=O) groups excluding carboxylic acids is 1. The largest absolute Gasteiger partial charge is 0.396 e. The lowest BCUT2D eigenvalue weighted by atomic mass is 9.93. The van der Waals surface area contributed by atoms with Crippen molar-refractivity contribution in [1.29, 1.82) is 0 Å². The summed E-state index contributed by atoms with van der Waals surface area (Å²) in [5.41, 5.74) is 5.73. The normalized spacial score (nSPS) is 11.6. The maximum absolute atomic E-state index is 12.1. The van der Waals surface area contributed by atoms with E-state index < -0.39 is 5.54 Å². The van der Waals surface area contributed by atoms with Gasteiger partial charge in [0, 0.05) is 12.7 Å². The van der Waals surface area contributed by atoms with Gasteiger partial charge in [-0.2, -0.15) is 5.10 Å². The fourth-order valence-corrected chi connectivity index (χ4v) is 1.77. The number of aromatic nitrogens is 2. The van der Waals surface area contributed by atoms with Gasteiger partial charge in [-0.05, 0) is 19.8 Å². The van der Waals surface area contributed by atoms with Crippen molar-refractivity contribution in [2.24, 2.45) is 0 Å². The molecule has 0 fully saturated rings. The number of aliphatic hydroxyl groups excluding tert-OH is 1. The van der Waals surface area contributed by atoms with Crippen LogP contribution in [0, 0.1) is 0 Å². The maximum atomic E-state index is 12.1. The van der Waals surface area contributed by atoms with Crippen LogP contribution in [-0.2, 0) is 6.54 Å². The summed E-state index contributed by atoms with van der Waals surface area (Å²) in [6.07, 6.45) is 2.94. The second kappa shape index (κ2) is 5.86. The number of rotatable bonds is 6. The number of nitrogens with two attached hydrogens (primary N) is 1. The third-order valence-electron chi connectivity index (χ3n) is 3.36. The van der Waals surface area contributed by atoms with Crippen molar-refractivity contribution in [2.75, 3.05) is 12.3 Å². The second-order valence-corrected chi connectivity index (χ2v) is 4.39. The summed E-state index contributed by atoms with van der Waals surface area (Å²) in [7, 11) is 0. The number of anilines is 1. The van der Waals surface area contributed by atoms with Gasteiger partial charge in [-0.25, -0.2) is 0 Å². The van der Waals surface area contributed by atoms with E-state index in [1.54, 1.807) is 10.9 Å². The molecule has 0 aliphatic rings. The van der Waals surface area contributed by atoms with Gasteiger partial charge in [0.1, 0.15) is 0 Å². The topological polar surface area (TPSA) is 93.2 Å². The molecule has 0 saturated carbocycles. The van der Waals surface area contributed by atoms with Crippen molar-refractivity contribution in [2.45, 2.75) is 45.7 Å². The summed E-state index contributed by atoms with van der Waals surface area (Å²) in [5.74, 6) is -0.336. The molecule has 0 saturated heterocycles. The van der Waals surface area contributed by atoms with E-state index >= 15 is 0 Å². The molecule has 0 radical (unpaired) electrons. The standard InChI is InChI=1S/C12H22N4O2/c1-4-12(5-2,8-17)14-11(18)10-9(13)7-16(6-3)15-10/h7,17H,4-6,8,13H2,1-3H3,(H,14,18). The molecular weight excluding hydrogens is 232 g/mol. The SMILES string of the molecule is CCn1cc(N)c(C(=O)NC(CC)(CC)CO)n1. The van der Waals surface area contributed by atoms with Crippen LogP contribution in [0.4, 0.5) is 5.69 Å². The molecule has 1 heterocycles. The first-order chi connectivity index (χ1) is 8.51. The number of hydrogen-bond donors (Lipinski definition) is 3. The van der Waals surface area contributed by atoms with Crippen molar-refractivity contribution in [1.82, 2.24) is 15.1 Å². The van der Waals surface area contributed by atoms with Crippen molar-refractivity contribution >= 4 is 11.6 Å². The van der Waals surface area contributed by atoms with Crippen LogP contribution in [0.5, 0.6) is 0 Å². The highest BCUT2D eigenvalue weighted by Crippen LogP contribution is 2.16. The Morgan fingerprint density at radius 2 is 2.11 bits per heavy atom. The Balaban J connectivity index is 2.90. The highest BCUT2D eigenvalue weighted by molar-refractivity contribution is 5.97. The lowest BCUT2D eigenvalue weighted by Crippen LogP contribution is -2.50. The Kier molecular flexibility index (Phi) is 4.72. The van der Waals surface area contributed by atoms with Crippen molar-refractivity contribution < 1.29 is 9.90 Å². The van der Waals surface area contributed by atoms with E-state index in [9.17, 15) is 9.90 Å². The lowest BCUT2D eigenvalue weighted by molar-refractivity contribution is 0.0813. The number of aryl methyl sites for hydroxylation is 1. The predicted octanol–water partition coefficient (Wildman–Crippen LogP) is 0.766. The molecule has 0 aliphatic heterocycles. The highest BCUT2D eigenvalue weighted by atomic mass is 16.3. The van der Waals surface area contributed by atoms with E-state index in [2.05, 4.69) is 10.4 Å². The molecule has 6 nitrogen and oxygen atoms in total. The van der Waals surface area contributed by atoms with E-state index in [1.807, 2.05) is 20.8 Å². The molecule has 0 atom stereocenters. The van der Waals surface area contributed by atoms with Gasteiger partial charge in [0.15, 0.2) is 5.69 Å². The molecule has 0 bridgehead atoms. The van der Waals surface area contributed by atoms with Crippen LogP contribution in [0.3, 0.4) is 0 Å². The van der Waals surface area contributed by atoms with Crippen molar-refractivity contribution in [3.05, 3.63) is 11.9 Å². The molecular formula is C12H22N4O2. The maximum Gasteiger partial charge on any atom is 0.274 e. The van der Waals surface area contributed by atoms with Crippen LogP contribution in [0.1, 0.15) is 44.1 Å². The molecule has 6 heteroatoms. The third kappa shape index (κ3) is 2.81. The summed E-state index contributed by atoms with van der Waals surface area (Å²) in [6, 6.07) is 0. The first-order valence-electron chi connectivity index (χ1n) is 6.28. The summed E-state index contributed by atoms with van der Waals surface area (Å²) < 4.78 is 1.61. The Morgan fingerprint density at radius 3 is 2.50 bits per heavy atom. The third-order valence-corrected chi connectivity index (χ3v) is 3.36. The minimum Gasteiger partial charge on any atom is -0.396 e. The Hall–Kier alpha value is -1.56. The van der Waals surface area contributed by atoms with Crippen LogP contribution >= 0.6 is 0 Å². The monoisotopic (exact) mass is 254 g/mol. The molecule has 0 unspecified atom stereocenters. The highest BCUT2D eigenvalue weighted by Gasteiger charge is 2.29. The van der Waals surface area contributed by atoms with Crippen molar-refractivity contribution in [3.8, 4) is 0 Å². The zero-order chi connectivity index (χ0) is 13.8. The van der Waals surface area contributed by atoms with E-state index in [-0.39, 0.29) is 18.2 Å². The lowest BCUT2D eigenvalue weighted by Gasteiger charge is -2.30. The Bertz CT molecular complexity index is 402. The summed E-state index contributed by atoms with van der Waals surface area (Å²) in [6.45, 7) is 6.33. The molecule has 0 aromatic carbocycles. The quantitative estimate of drug-likeness (QED) is 0.699. The Labute approximate surface area is 107 Å². The molecule has 4 N–H and O–H groups in total. The number of nitrogens with one attached hydrogen (secondary N) is 1. The van der Waals surface area contributed by atoms with Crippen LogP contribution in [0.25, 0.3) is 0 Å². The number of amides is 1. The molecule has 1 aromatic rings. The number of carbonyl (C=O) groups is 1. The predicted molar refractivity (Wildman–Crippen MR) is 70.2 cm³/mol. The van der Waals surface area contributed by atoms with Gasteiger partial charge >= 0.3 is 0 Å². The van der Waals surface area contributed by atoms with Crippen LogP contribution in [0.15, 0.2) is 6.20 Å². The summed E-state index contributed by atoms with van der Waals surface area (Å²) in [5, 5.41) is 16.4. The minimum absolute atomic E-state index is 0.0971. The van der Waals surface area contributed by atoms with E-state index in [4.69, 9.17) is 5.73 Å². The fraction of sp³-hybridized carbons (Fsp3) is 0.667. The van der Waals surface area contributed by atoms with Gasteiger partial charge in [0.25, 0.3) is 5.91 Å². The second-order valence-electron chi connectivity index (χ2n) is 4.39. The first-order valence-corrected chi connectivity index (χ1v) is 6.28. The van der Waals surface area contributed by atoms with Crippen LogP contribution < -0.4 is 11.1 Å². The molecule has 1 amide bonds. The summed E-state index contributed by atoms with van der Waals surface area (Å²) >= 11 is 0. The zero-order valence-electron chi connectivity index (χ0n) is 11.2. The molecule has 0 aliphatic carbocycles. The van der Waals surface area contributed by atoms with Crippen LogP contribution in [-0.4, -0.2) is 32.9 Å². The summed E-state index contributed by atoms with van der Waals surface area (Å²) in [4.78, 5) is 12.1. The van der Waals surface area contributed by atoms with Gasteiger partial charge < -0.3 is 16.2 Å². The van der Waals surface area contributed by atoms with Gasteiger partial charge in [-0.15, -0.1) is 0 Å². The van der Waals surface area contributed by atoms with Gasteiger partial charge in [0.05, 0.1) is 17.8 Å². The van der Waals surface area contributed by atoms with Gasteiger partial charge in [-0.1, -0.05) is 13.8 Å². The van der Waals surface area contributed by atoms with Crippen LogP contribution in [0.2, 0.25) is 0 Å². The van der Waals surface area contributed by atoms with Gasteiger partial charge in [0.2, 0.25) is 0 Å². The number of aliphatic hydroxyl groups is 1. The smallest absolute Gasteiger partial charge is 0.274 e. The van der Waals surface area contributed by atoms with E-state index in [1.165, 1.54) is 0 Å². The first kappa shape index (κ1) is 14.5. The molecule has 102 valence electrons. The molecule has 18 heavy (non-hydrogen) atoms. The average molecular weight is 254 g/mol. The zero-order valence-corrected chi connectivity index (χ0v) is 11.2. The average Bonchev–Trinajstić information content (AvgIpc) is 2.77. The van der Waals surface area contributed by atoms with E-state index in [0.717, 1.165) is 0 Å². The molecule has 0 spiro atoms. The number of nitrogen functional groups attached to an aromatic ring is 1. The minimum atomic E-state index is -0.598. The number of hydrogen-bond acceptors (Lipinski definition) is 4. The van der Waals surface area contributed by atoms with E-state index in [0.29, 0.717) is 25.1 Å². The number of nitrogens with zero attached hydrogens (tertiary/aromatic N) is 2.